The van der Waals surface area contributed by atoms with Crippen molar-refractivity contribution in [2.24, 2.45) is 0 Å². The molecule has 2 nitrogen and oxygen atoms in total. The first-order valence-corrected chi connectivity index (χ1v) is 7.74. The summed E-state index contributed by atoms with van der Waals surface area (Å²) in [6, 6.07) is 19.3. The van der Waals surface area contributed by atoms with Crippen LogP contribution in [0.15, 0.2) is 60.9 Å². The van der Waals surface area contributed by atoms with Crippen LogP contribution < -0.4 is 0 Å². The number of halogens is 2. The van der Waals surface area contributed by atoms with E-state index in [-0.39, 0.29) is 0 Å². The van der Waals surface area contributed by atoms with Crippen LogP contribution in [0.1, 0.15) is 5.56 Å². The van der Waals surface area contributed by atoms with Crippen molar-refractivity contribution in [1.82, 2.24) is 9.55 Å². The molecule has 22 heavy (non-hydrogen) atoms. The zero-order valence-electron chi connectivity index (χ0n) is 11.6. The highest BCUT2D eigenvalue weighted by molar-refractivity contribution is 6.40. The zero-order valence-corrected chi connectivity index (χ0v) is 13.1. The number of hydrogen-bond acceptors (Lipinski definition) is 1. The molecule has 3 aromatic carbocycles. The highest BCUT2D eigenvalue weighted by atomic mass is 35.5. The summed E-state index contributed by atoms with van der Waals surface area (Å²) in [6.45, 7) is 0.654. The normalized spacial score (nSPS) is 11.4. The molecule has 0 aliphatic heterocycles. The number of hydrogen-bond donors (Lipinski definition) is 0. The minimum absolute atomic E-state index is 0.341. The smallest absolute Gasteiger partial charge is 0.166 e. The second kappa shape index (κ2) is 5.31. The Morgan fingerprint density at radius 2 is 1.50 bits per heavy atom. The maximum Gasteiger partial charge on any atom is 0.166 e. The summed E-state index contributed by atoms with van der Waals surface area (Å²) >= 11 is 12.0. The Morgan fingerprint density at radius 1 is 0.818 bits per heavy atom. The number of imidazole rings is 1. The van der Waals surface area contributed by atoms with Crippen molar-refractivity contribution in [2.45, 2.75) is 6.54 Å². The van der Waals surface area contributed by atoms with Gasteiger partial charge in [-0.05, 0) is 45.3 Å². The van der Waals surface area contributed by atoms with Gasteiger partial charge in [0.2, 0.25) is 0 Å². The summed E-state index contributed by atoms with van der Waals surface area (Å²) in [7, 11) is 0. The molecule has 0 atom stereocenters. The molecule has 4 rings (SSSR count). The van der Waals surface area contributed by atoms with Gasteiger partial charge in [0.1, 0.15) is 5.15 Å². The first kappa shape index (κ1) is 13.6. The molecule has 0 amide bonds. The topological polar surface area (TPSA) is 17.8 Å². The summed E-state index contributed by atoms with van der Waals surface area (Å²) in [5.41, 5.74) is 1.17. The Bertz CT molecular complexity index is 989. The molecule has 0 spiro atoms. The van der Waals surface area contributed by atoms with Crippen LogP contribution in [0.5, 0.6) is 0 Å². The van der Waals surface area contributed by atoms with Crippen LogP contribution in [0.2, 0.25) is 10.3 Å². The summed E-state index contributed by atoms with van der Waals surface area (Å²) < 4.78 is 1.84. The van der Waals surface area contributed by atoms with E-state index >= 15 is 0 Å². The van der Waals surface area contributed by atoms with E-state index in [4.69, 9.17) is 23.2 Å². The SMILES string of the molecule is Clc1ncn(Cc2ccc3cc4ccccc4cc3c2)c1Cl. The minimum Gasteiger partial charge on any atom is -0.316 e. The number of rotatable bonds is 2. The molecule has 0 aliphatic rings. The largest absolute Gasteiger partial charge is 0.316 e. The van der Waals surface area contributed by atoms with Gasteiger partial charge in [0.05, 0.1) is 6.33 Å². The standard InChI is InChI=1S/C18H12Cl2N2/c19-17-18(20)22(11-21-17)10-12-5-6-15-8-13-3-1-2-4-14(13)9-16(15)7-12/h1-9,11H,10H2. The molecule has 0 unspecified atom stereocenters. The Morgan fingerprint density at radius 3 is 2.18 bits per heavy atom. The predicted octanol–water partition coefficient (Wildman–Crippen LogP) is 5.54. The second-order valence-corrected chi connectivity index (χ2v) is 6.05. The van der Waals surface area contributed by atoms with Crippen molar-refractivity contribution in [3.63, 3.8) is 0 Å². The third-order valence-corrected chi connectivity index (χ3v) is 4.62. The fourth-order valence-electron chi connectivity index (χ4n) is 2.74. The molecule has 0 N–H and O–H groups in total. The van der Waals surface area contributed by atoms with Gasteiger partial charge in [-0.2, -0.15) is 0 Å². The highest BCUT2D eigenvalue weighted by Gasteiger charge is 2.07. The summed E-state index contributed by atoms with van der Waals surface area (Å²) in [5.74, 6) is 0. The van der Waals surface area contributed by atoms with Gasteiger partial charge in [0.15, 0.2) is 5.15 Å². The maximum atomic E-state index is 6.12. The van der Waals surface area contributed by atoms with Gasteiger partial charge in [-0.1, -0.05) is 59.6 Å². The molecule has 0 saturated carbocycles. The van der Waals surface area contributed by atoms with Crippen molar-refractivity contribution in [3.8, 4) is 0 Å². The van der Waals surface area contributed by atoms with Crippen LogP contribution in [0.25, 0.3) is 21.5 Å². The molecule has 0 saturated heterocycles. The molecule has 4 aromatic rings. The van der Waals surface area contributed by atoms with Gasteiger partial charge < -0.3 is 4.57 Å². The van der Waals surface area contributed by atoms with Gasteiger partial charge in [-0.15, -0.1) is 0 Å². The van der Waals surface area contributed by atoms with Gasteiger partial charge >= 0.3 is 0 Å². The molecule has 108 valence electrons. The third kappa shape index (κ3) is 2.35. The maximum absolute atomic E-state index is 6.12. The lowest BCUT2D eigenvalue weighted by atomic mass is 10.0. The third-order valence-electron chi connectivity index (χ3n) is 3.85. The van der Waals surface area contributed by atoms with E-state index in [2.05, 4.69) is 59.6 Å². The van der Waals surface area contributed by atoms with Crippen LogP contribution >= 0.6 is 23.2 Å². The molecule has 1 heterocycles. The molecule has 0 fully saturated rings. The average Bonchev–Trinajstić information content (AvgIpc) is 2.85. The molecule has 4 heteroatoms. The van der Waals surface area contributed by atoms with E-state index in [9.17, 15) is 0 Å². The predicted molar refractivity (Wildman–Crippen MR) is 92.8 cm³/mol. The number of aromatic nitrogens is 2. The van der Waals surface area contributed by atoms with E-state index in [1.807, 2.05) is 4.57 Å². The van der Waals surface area contributed by atoms with Crippen molar-refractivity contribution >= 4 is 44.7 Å². The van der Waals surface area contributed by atoms with Crippen LogP contribution in [0.3, 0.4) is 0 Å². The first-order chi connectivity index (χ1) is 10.7. The van der Waals surface area contributed by atoms with E-state index in [0.717, 1.165) is 0 Å². The van der Waals surface area contributed by atoms with E-state index in [1.54, 1.807) is 6.33 Å². The molecule has 0 bridgehead atoms. The Labute approximate surface area is 137 Å². The van der Waals surface area contributed by atoms with Crippen LogP contribution in [-0.4, -0.2) is 9.55 Å². The lowest BCUT2D eigenvalue weighted by molar-refractivity contribution is 0.799. The van der Waals surface area contributed by atoms with E-state index in [1.165, 1.54) is 27.1 Å². The monoisotopic (exact) mass is 326 g/mol. The van der Waals surface area contributed by atoms with Crippen LogP contribution in [-0.2, 0) is 6.54 Å². The first-order valence-electron chi connectivity index (χ1n) is 6.98. The molecule has 0 aliphatic carbocycles. The highest BCUT2D eigenvalue weighted by Crippen LogP contribution is 2.25. The van der Waals surface area contributed by atoms with Gasteiger partial charge in [0, 0.05) is 6.54 Å². The van der Waals surface area contributed by atoms with Gasteiger partial charge in [0.25, 0.3) is 0 Å². The molecule has 1 aromatic heterocycles. The quantitative estimate of drug-likeness (QED) is 0.442. The van der Waals surface area contributed by atoms with E-state index < -0.39 is 0 Å². The summed E-state index contributed by atoms with van der Waals surface area (Å²) in [6.07, 6.45) is 1.66. The van der Waals surface area contributed by atoms with Crippen molar-refractivity contribution in [1.29, 1.82) is 0 Å². The number of benzene rings is 3. The molecular formula is C18H12Cl2N2. The fraction of sp³-hybridized carbons (Fsp3) is 0.0556. The Kier molecular flexibility index (Phi) is 3.29. The van der Waals surface area contributed by atoms with Crippen LogP contribution in [0.4, 0.5) is 0 Å². The number of nitrogens with zero attached hydrogens (tertiary/aromatic N) is 2. The minimum atomic E-state index is 0.341. The lowest BCUT2D eigenvalue weighted by Gasteiger charge is -2.07. The summed E-state index contributed by atoms with van der Waals surface area (Å²) in [5, 5.41) is 5.77. The van der Waals surface area contributed by atoms with Gasteiger partial charge in [-0.25, -0.2) is 4.98 Å². The van der Waals surface area contributed by atoms with Gasteiger partial charge in [-0.3, -0.25) is 0 Å². The van der Waals surface area contributed by atoms with Crippen molar-refractivity contribution < 1.29 is 0 Å². The number of fused-ring (bicyclic) bond motifs is 2. The summed E-state index contributed by atoms with van der Waals surface area (Å²) in [4.78, 5) is 4.01. The zero-order chi connectivity index (χ0) is 15.1. The Balaban J connectivity index is 1.79. The fourth-order valence-corrected chi connectivity index (χ4v) is 3.04. The van der Waals surface area contributed by atoms with Crippen molar-refractivity contribution in [2.75, 3.05) is 0 Å². The molecule has 0 radical (unpaired) electrons. The van der Waals surface area contributed by atoms with Crippen LogP contribution in [0, 0.1) is 0 Å². The Hall–Kier alpha value is -2.03. The van der Waals surface area contributed by atoms with Crippen molar-refractivity contribution in [3.05, 3.63) is 76.8 Å². The average molecular weight is 327 g/mol. The second-order valence-electron chi connectivity index (χ2n) is 5.33. The van der Waals surface area contributed by atoms with E-state index in [0.29, 0.717) is 16.9 Å². The lowest BCUT2D eigenvalue weighted by Crippen LogP contribution is -1.97. The molecular weight excluding hydrogens is 315 g/mol.